The Labute approximate surface area is 125 Å². The van der Waals surface area contributed by atoms with Gasteiger partial charge in [-0.05, 0) is 29.2 Å². The lowest BCUT2D eigenvalue weighted by Crippen LogP contribution is -2.29. The molecule has 3 heteroatoms. The van der Waals surface area contributed by atoms with Crippen LogP contribution in [0.1, 0.15) is 22.7 Å². The first kappa shape index (κ1) is 14.1. The van der Waals surface area contributed by atoms with Gasteiger partial charge in [0.15, 0.2) is 0 Å². The minimum Gasteiger partial charge on any atom is -0.488 e. The summed E-state index contributed by atoms with van der Waals surface area (Å²) >= 11 is 0. The summed E-state index contributed by atoms with van der Waals surface area (Å²) in [4.78, 5) is 0. The summed E-state index contributed by atoms with van der Waals surface area (Å²) in [6.45, 7) is 0.743. The van der Waals surface area contributed by atoms with Crippen molar-refractivity contribution < 1.29 is 9.47 Å². The molecule has 2 aromatic rings. The largest absolute Gasteiger partial charge is 0.488 e. The molecule has 2 aromatic carbocycles. The van der Waals surface area contributed by atoms with Crippen molar-refractivity contribution >= 4 is 0 Å². The molecule has 0 saturated carbocycles. The summed E-state index contributed by atoms with van der Waals surface area (Å²) in [5.41, 5.74) is 10.0. The maximum Gasteiger partial charge on any atom is 0.123 e. The van der Waals surface area contributed by atoms with Crippen LogP contribution in [0.3, 0.4) is 0 Å². The van der Waals surface area contributed by atoms with Crippen molar-refractivity contribution in [3.8, 4) is 5.75 Å². The number of nitrogens with two attached hydrogens (primary N) is 1. The van der Waals surface area contributed by atoms with Crippen molar-refractivity contribution in [1.82, 2.24) is 0 Å². The predicted octanol–water partition coefficient (Wildman–Crippen LogP) is 2.88. The lowest BCUT2D eigenvalue weighted by atomic mass is 9.97. The van der Waals surface area contributed by atoms with E-state index in [4.69, 9.17) is 15.2 Å². The lowest BCUT2D eigenvalue weighted by molar-refractivity contribution is 0.199. The van der Waals surface area contributed by atoms with Crippen molar-refractivity contribution in [2.75, 3.05) is 13.7 Å². The zero-order valence-corrected chi connectivity index (χ0v) is 12.3. The van der Waals surface area contributed by atoms with Crippen LogP contribution in [0.15, 0.2) is 48.5 Å². The van der Waals surface area contributed by atoms with Crippen LogP contribution in [-0.2, 0) is 17.6 Å². The summed E-state index contributed by atoms with van der Waals surface area (Å²) in [7, 11) is 1.72. The molecule has 2 N–H and O–H groups in total. The van der Waals surface area contributed by atoms with Gasteiger partial charge in [-0.3, -0.25) is 0 Å². The van der Waals surface area contributed by atoms with Crippen LogP contribution in [0.4, 0.5) is 0 Å². The summed E-state index contributed by atoms with van der Waals surface area (Å²) in [6.07, 6.45) is 1.83. The predicted molar refractivity (Wildman–Crippen MR) is 83.5 cm³/mol. The maximum absolute atomic E-state index is 6.38. The first-order chi connectivity index (χ1) is 10.3. The van der Waals surface area contributed by atoms with Gasteiger partial charge in [0.25, 0.3) is 0 Å². The standard InChI is InChI=1S/C18H21NO2/c1-20-11-10-13-6-8-14(9-7-13)18(19)17-12-15-4-2-3-5-16(15)21-17/h2-9,17-18H,10-12,19H2,1H3. The van der Waals surface area contributed by atoms with Crippen LogP contribution >= 0.6 is 0 Å². The van der Waals surface area contributed by atoms with Crippen LogP contribution in [0.2, 0.25) is 0 Å². The van der Waals surface area contributed by atoms with Crippen LogP contribution < -0.4 is 10.5 Å². The molecule has 110 valence electrons. The third kappa shape index (κ3) is 3.09. The lowest BCUT2D eigenvalue weighted by Gasteiger charge is -2.19. The van der Waals surface area contributed by atoms with Crippen molar-refractivity contribution in [2.45, 2.75) is 25.0 Å². The number of methoxy groups -OCH3 is 1. The number of ether oxygens (including phenoxy) is 2. The molecule has 0 bridgehead atoms. The average Bonchev–Trinajstić information content (AvgIpc) is 2.96. The second-order valence-corrected chi connectivity index (χ2v) is 5.48. The summed E-state index contributed by atoms with van der Waals surface area (Å²) < 4.78 is 11.1. The molecule has 3 rings (SSSR count). The second kappa shape index (κ2) is 6.29. The zero-order valence-electron chi connectivity index (χ0n) is 12.3. The molecule has 0 saturated heterocycles. The smallest absolute Gasteiger partial charge is 0.123 e. The Balaban J connectivity index is 1.67. The Morgan fingerprint density at radius 1 is 1.19 bits per heavy atom. The molecule has 1 heterocycles. The topological polar surface area (TPSA) is 44.5 Å². The Kier molecular flexibility index (Phi) is 4.23. The van der Waals surface area contributed by atoms with Gasteiger partial charge < -0.3 is 15.2 Å². The van der Waals surface area contributed by atoms with Crippen LogP contribution in [0.25, 0.3) is 0 Å². The first-order valence-corrected chi connectivity index (χ1v) is 7.36. The van der Waals surface area contributed by atoms with Crippen molar-refractivity contribution in [3.63, 3.8) is 0 Å². The molecule has 1 aliphatic heterocycles. The number of fused-ring (bicyclic) bond motifs is 1. The highest BCUT2D eigenvalue weighted by Crippen LogP contribution is 2.33. The monoisotopic (exact) mass is 283 g/mol. The van der Waals surface area contributed by atoms with E-state index in [1.165, 1.54) is 11.1 Å². The Morgan fingerprint density at radius 3 is 2.67 bits per heavy atom. The summed E-state index contributed by atoms with van der Waals surface area (Å²) in [6, 6.07) is 16.5. The van der Waals surface area contributed by atoms with Crippen molar-refractivity contribution in [3.05, 3.63) is 65.2 Å². The molecule has 0 radical (unpaired) electrons. The van der Waals surface area contributed by atoms with Gasteiger partial charge in [-0.15, -0.1) is 0 Å². The molecule has 0 spiro atoms. The molecule has 1 aliphatic rings. The van der Waals surface area contributed by atoms with Gasteiger partial charge in [0.2, 0.25) is 0 Å². The number of hydrogen-bond acceptors (Lipinski definition) is 3. The van der Waals surface area contributed by atoms with E-state index in [-0.39, 0.29) is 12.1 Å². The van der Waals surface area contributed by atoms with E-state index in [2.05, 4.69) is 30.3 Å². The van der Waals surface area contributed by atoms with E-state index in [1.807, 2.05) is 18.2 Å². The number of benzene rings is 2. The van der Waals surface area contributed by atoms with Gasteiger partial charge in [0.05, 0.1) is 12.6 Å². The average molecular weight is 283 g/mol. The molecule has 2 atom stereocenters. The van der Waals surface area contributed by atoms with E-state index in [1.54, 1.807) is 7.11 Å². The van der Waals surface area contributed by atoms with E-state index in [9.17, 15) is 0 Å². The summed E-state index contributed by atoms with van der Waals surface area (Å²) in [5.74, 6) is 0.967. The fourth-order valence-electron chi connectivity index (χ4n) is 2.75. The molecule has 2 unspecified atom stereocenters. The van der Waals surface area contributed by atoms with Gasteiger partial charge in [-0.1, -0.05) is 42.5 Å². The van der Waals surface area contributed by atoms with Crippen LogP contribution in [0.5, 0.6) is 5.75 Å². The molecule has 0 aromatic heterocycles. The molecule has 0 fully saturated rings. The first-order valence-electron chi connectivity index (χ1n) is 7.36. The highest BCUT2D eigenvalue weighted by molar-refractivity contribution is 5.38. The minimum atomic E-state index is -0.103. The van der Waals surface area contributed by atoms with E-state index in [0.717, 1.165) is 30.8 Å². The molecule has 0 amide bonds. The zero-order chi connectivity index (χ0) is 14.7. The molecule has 0 aliphatic carbocycles. The van der Waals surface area contributed by atoms with E-state index >= 15 is 0 Å². The normalized spacial score (nSPS) is 18.1. The molecular weight excluding hydrogens is 262 g/mol. The highest BCUT2D eigenvalue weighted by Gasteiger charge is 2.28. The molecular formula is C18H21NO2. The number of rotatable bonds is 5. The summed E-state index contributed by atoms with van der Waals surface area (Å²) in [5, 5.41) is 0. The van der Waals surface area contributed by atoms with Crippen LogP contribution in [-0.4, -0.2) is 19.8 Å². The molecule has 21 heavy (non-hydrogen) atoms. The van der Waals surface area contributed by atoms with Gasteiger partial charge in [-0.2, -0.15) is 0 Å². The van der Waals surface area contributed by atoms with Gasteiger partial charge >= 0.3 is 0 Å². The SMILES string of the molecule is COCCc1ccc(C(N)C2Cc3ccccc3O2)cc1. The van der Waals surface area contributed by atoms with Crippen molar-refractivity contribution in [1.29, 1.82) is 0 Å². The third-order valence-electron chi connectivity index (χ3n) is 4.03. The fourth-order valence-corrected chi connectivity index (χ4v) is 2.75. The Bertz CT molecular complexity index is 569. The number of hydrogen-bond donors (Lipinski definition) is 1. The minimum absolute atomic E-state index is 0.0206. The quantitative estimate of drug-likeness (QED) is 0.917. The fraction of sp³-hybridized carbons (Fsp3) is 0.333. The van der Waals surface area contributed by atoms with Gasteiger partial charge in [0.1, 0.15) is 11.9 Å². The van der Waals surface area contributed by atoms with Crippen molar-refractivity contribution in [2.24, 2.45) is 5.73 Å². The Morgan fingerprint density at radius 2 is 1.95 bits per heavy atom. The number of para-hydroxylation sites is 1. The third-order valence-corrected chi connectivity index (χ3v) is 4.03. The van der Waals surface area contributed by atoms with Gasteiger partial charge in [-0.25, -0.2) is 0 Å². The maximum atomic E-state index is 6.38. The molecule has 3 nitrogen and oxygen atoms in total. The second-order valence-electron chi connectivity index (χ2n) is 5.48. The highest BCUT2D eigenvalue weighted by atomic mass is 16.5. The van der Waals surface area contributed by atoms with E-state index < -0.39 is 0 Å². The van der Waals surface area contributed by atoms with E-state index in [0.29, 0.717) is 0 Å². The van der Waals surface area contributed by atoms with Crippen LogP contribution in [0, 0.1) is 0 Å². The van der Waals surface area contributed by atoms with Gasteiger partial charge in [0, 0.05) is 13.5 Å². The Hall–Kier alpha value is -1.84.